The van der Waals surface area contributed by atoms with Crippen LogP contribution in [0.25, 0.3) is 0 Å². The first kappa shape index (κ1) is 15.3. The molecule has 0 aliphatic carbocycles. The van der Waals surface area contributed by atoms with Crippen LogP contribution in [0.5, 0.6) is 0 Å². The molecule has 0 aromatic heterocycles. The molecular formula is C13H18F2N2O2S. The van der Waals surface area contributed by atoms with E-state index in [-0.39, 0.29) is 4.90 Å². The number of hydrogen-bond donors (Lipinski definition) is 1. The molecular weight excluding hydrogens is 286 g/mol. The van der Waals surface area contributed by atoms with Gasteiger partial charge in [0.25, 0.3) is 0 Å². The van der Waals surface area contributed by atoms with Gasteiger partial charge in [0.05, 0.1) is 4.90 Å². The number of rotatable bonds is 4. The molecule has 20 heavy (non-hydrogen) atoms. The van der Waals surface area contributed by atoms with E-state index in [0.29, 0.717) is 25.6 Å². The highest BCUT2D eigenvalue weighted by atomic mass is 32.2. The molecule has 0 amide bonds. The van der Waals surface area contributed by atoms with Crippen LogP contribution in [0.15, 0.2) is 23.1 Å². The summed E-state index contributed by atoms with van der Waals surface area (Å²) in [7, 11) is -3.74. The van der Waals surface area contributed by atoms with Gasteiger partial charge in [-0.15, -0.1) is 0 Å². The van der Waals surface area contributed by atoms with Crippen molar-refractivity contribution in [1.82, 2.24) is 4.31 Å². The second-order valence-corrected chi connectivity index (χ2v) is 6.94. The fourth-order valence-electron chi connectivity index (χ4n) is 2.46. The van der Waals surface area contributed by atoms with E-state index in [0.717, 1.165) is 37.5 Å². The number of sulfonamides is 1. The monoisotopic (exact) mass is 304 g/mol. The Morgan fingerprint density at radius 1 is 1.20 bits per heavy atom. The first-order valence-corrected chi connectivity index (χ1v) is 8.04. The van der Waals surface area contributed by atoms with Gasteiger partial charge in [-0.1, -0.05) is 0 Å². The number of halogens is 2. The van der Waals surface area contributed by atoms with Crippen molar-refractivity contribution >= 4 is 10.0 Å². The fourth-order valence-corrected chi connectivity index (χ4v) is 3.94. The van der Waals surface area contributed by atoms with E-state index < -0.39 is 21.7 Å². The van der Waals surface area contributed by atoms with E-state index >= 15 is 0 Å². The maximum absolute atomic E-state index is 13.2. The number of hydrogen-bond acceptors (Lipinski definition) is 3. The molecule has 2 N–H and O–H groups in total. The Labute approximate surface area is 117 Å². The summed E-state index contributed by atoms with van der Waals surface area (Å²) >= 11 is 0. The van der Waals surface area contributed by atoms with Gasteiger partial charge >= 0.3 is 0 Å². The van der Waals surface area contributed by atoms with Crippen LogP contribution in [0.2, 0.25) is 0 Å². The lowest BCUT2D eigenvalue weighted by Crippen LogP contribution is -2.38. The molecule has 112 valence electrons. The third-order valence-corrected chi connectivity index (χ3v) is 5.57. The highest BCUT2D eigenvalue weighted by Crippen LogP contribution is 2.25. The van der Waals surface area contributed by atoms with Crippen LogP contribution in [0, 0.1) is 17.6 Å². The molecule has 4 nitrogen and oxygen atoms in total. The maximum atomic E-state index is 13.2. The summed E-state index contributed by atoms with van der Waals surface area (Å²) in [6.07, 6.45) is 2.39. The highest BCUT2D eigenvalue weighted by molar-refractivity contribution is 7.89. The number of nitrogens with zero attached hydrogens (tertiary/aromatic N) is 1. The Bertz CT molecular complexity index is 570. The van der Waals surface area contributed by atoms with Gasteiger partial charge in [0, 0.05) is 13.1 Å². The molecule has 7 heteroatoms. The summed E-state index contributed by atoms with van der Waals surface area (Å²) in [6, 6.07) is 2.67. The van der Waals surface area contributed by atoms with Crippen molar-refractivity contribution in [2.75, 3.05) is 19.6 Å². The third-order valence-electron chi connectivity index (χ3n) is 3.68. The Morgan fingerprint density at radius 2 is 1.85 bits per heavy atom. The molecule has 0 atom stereocenters. The van der Waals surface area contributed by atoms with Crippen molar-refractivity contribution < 1.29 is 17.2 Å². The number of benzene rings is 1. The summed E-state index contributed by atoms with van der Waals surface area (Å²) in [6.45, 7) is 1.39. The first-order valence-electron chi connectivity index (χ1n) is 6.60. The van der Waals surface area contributed by atoms with E-state index in [2.05, 4.69) is 0 Å². The molecule has 1 aliphatic heterocycles. The zero-order valence-corrected chi connectivity index (χ0v) is 11.9. The van der Waals surface area contributed by atoms with Crippen LogP contribution in [0.3, 0.4) is 0 Å². The van der Waals surface area contributed by atoms with Gasteiger partial charge in [0.1, 0.15) is 0 Å². The van der Waals surface area contributed by atoms with Crippen LogP contribution >= 0.6 is 0 Å². The van der Waals surface area contributed by atoms with E-state index in [1.807, 2.05) is 0 Å². The third kappa shape index (κ3) is 3.16. The smallest absolute Gasteiger partial charge is 0.243 e. The van der Waals surface area contributed by atoms with Crippen LogP contribution in [-0.2, 0) is 10.0 Å². The second kappa shape index (κ2) is 6.15. The number of nitrogens with two attached hydrogens (primary N) is 1. The molecule has 1 fully saturated rings. The minimum Gasteiger partial charge on any atom is -0.330 e. The SMILES string of the molecule is NCCC1CCN(S(=O)(=O)c2ccc(F)c(F)c2)CC1. The van der Waals surface area contributed by atoms with Gasteiger partial charge in [-0.3, -0.25) is 0 Å². The zero-order chi connectivity index (χ0) is 14.8. The summed E-state index contributed by atoms with van der Waals surface area (Å²) in [5, 5.41) is 0. The minimum atomic E-state index is -3.74. The highest BCUT2D eigenvalue weighted by Gasteiger charge is 2.29. The van der Waals surface area contributed by atoms with Crippen molar-refractivity contribution in [3.8, 4) is 0 Å². The topological polar surface area (TPSA) is 63.4 Å². The summed E-state index contributed by atoms with van der Waals surface area (Å²) in [4.78, 5) is -0.200. The van der Waals surface area contributed by atoms with Crippen LogP contribution in [-0.4, -0.2) is 32.4 Å². The Hall–Kier alpha value is -1.05. The van der Waals surface area contributed by atoms with Crippen LogP contribution in [0.1, 0.15) is 19.3 Å². The van der Waals surface area contributed by atoms with E-state index in [4.69, 9.17) is 5.73 Å². The molecule has 0 radical (unpaired) electrons. The quantitative estimate of drug-likeness (QED) is 0.921. The number of piperidine rings is 1. The largest absolute Gasteiger partial charge is 0.330 e. The second-order valence-electron chi connectivity index (χ2n) is 5.00. The summed E-state index contributed by atoms with van der Waals surface area (Å²) in [5.41, 5.74) is 5.49. The average molecular weight is 304 g/mol. The summed E-state index contributed by atoms with van der Waals surface area (Å²) in [5.74, 6) is -1.76. The summed E-state index contributed by atoms with van der Waals surface area (Å²) < 4.78 is 52.0. The van der Waals surface area contributed by atoms with Crippen molar-refractivity contribution in [3.63, 3.8) is 0 Å². The van der Waals surface area contributed by atoms with Gasteiger partial charge in [0.2, 0.25) is 10.0 Å². The predicted octanol–water partition coefficient (Wildman–Crippen LogP) is 1.71. The van der Waals surface area contributed by atoms with E-state index in [9.17, 15) is 17.2 Å². The Balaban J connectivity index is 2.13. The predicted molar refractivity (Wildman–Crippen MR) is 71.5 cm³/mol. The molecule has 1 saturated heterocycles. The molecule has 1 aromatic rings. The molecule has 1 aromatic carbocycles. The van der Waals surface area contributed by atoms with Gasteiger partial charge in [-0.25, -0.2) is 17.2 Å². The fraction of sp³-hybridized carbons (Fsp3) is 0.538. The lowest BCUT2D eigenvalue weighted by atomic mass is 9.95. The molecule has 0 saturated carbocycles. The average Bonchev–Trinajstić information content (AvgIpc) is 2.43. The Kier molecular flexibility index (Phi) is 4.72. The molecule has 0 bridgehead atoms. The minimum absolute atomic E-state index is 0.200. The lowest BCUT2D eigenvalue weighted by molar-refractivity contribution is 0.265. The van der Waals surface area contributed by atoms with Gasteiger partial charge in [0.15, 0.2) is 11.6 Å². The van der Waals surface area contributed by atoms with Gasteiger partial charge in [-0.2, -0.15) is 4.31 Å². The molecule has 1 aliphatic rings. The molecule has 1 heterocycles. The van der Waals surface area contributed by atoms with Crippen LogP contribution < -0.4 is 5.73 Å². The lowest BCUT2D eigenvalue weighted by Gasteiger charge is -2.31. The van der Waals surface area contributed by atoms with Crippen molar-refractivity contribution in [1.29, 1.82) is 0 Å². The molecule has 0 unspecified atom stereocenters. The van der Waals surface area contributed by atoms with Crippen molar-refractivity contribution in [3.05, 3.63) is 29.8 Å². The van der Waals surface area contributed by atoms with Crippen molar-refractivity contribution in [2.24, 2.45) is 11.7 Å². The van der Waals surface area contributed by atoms with Gasteiger partial charge in [-0.05, 0) is 49.9 Å². The van der Waals surface area contributed by atoms with Crippen molar-refractivity contribution in [2.45, 2.75) is 24.2 Å². The molecule has 2 rings (SSSR count). The van der Waals surface area contributed by atoms with Crippen LogP contribution in [0.4, 0.5) is 8.78 Å². The normalized spacial score (nSPS) is 18.4. The standard InChI is InChI=1S/C13H18F2N2O2S/c14-12-2-1-11(9-13(12)15)20(18,19)17-7-4-10(3-6-16)5-8-17/h1-2,9-10H,3-8,16H2. The van der Waals surface area contributed by atoms with E-state index in [1.165, 1.54) is 4.31 Å². The Morgan fingerprint density at radius 3 is 2.40 bits per heavy atom. The maximum Gasteiger partial charge on any atom is 0.243 e. The molecule has 0 spiro atoms. The van der Waals surface area contributed by atoms with E-state index in [1.54, 1.807) is 0 Å². The van der Waals surface area contributed by atoms with Gasteiger partial charge < -0.3 is 5.73 Å². The zero-order valence-electron chi connectivity index (χ0n) is 11.1. The first-order chi connectivity index (χ1) is 9.45.